The zero-order chi connectivity index (χ0) is 19.2. The van der Waals surface area contributed by atoms with E-state index in [2.05, 4.69) is 10.6 Å². The van der Waals surface area contributed by atoms with Crippen molar-refractivity contribution in [3.05, 3.63) is 24.3 Å². The summed E-state index contributed by atoms with van der Waals surface area (Å²) in [5.41, 5.74) is 0.646. The second-order valence-electron chi connectivity index (χ2n) is 6.25. The fourth-order valence-corrected chi connectivity index (χ4v) is 4.42. The molecule has 0 aromatic heterocycles. The molecule has 2 amide bonds. The Morgan fingerprint density at radius 1 is 1.19 bits per heavy atom. The van der Waals surface area contributed by atoms with Gasteiger partial charge < -0.3 is 15.4 Å². The lowest BCUT2D eigenvalue weighted by molar-refractivity contribution is -0.123. The van der Waals surface area contributed by atoms with Crippen molar-refractivity contribution in [1.29, 1.82) is 0 Å². The average molecular weight is 383 g/mol. The van der Waals surface area contributed by atoms with Crippen LogP contribution in [0.25, 0.3) is 0 Å². The maximum atomic E-state index is 12.2. The molecule has 2 rings (SSSR count). The van der Waals surface area contributed by atoms with Crippen LogP contribution >= 0.6 is 0 Å². The number of hydrogen-bond acceptors (Lipinski definition) is 6. The summed E-state index contributed by atoms with van der Waals surface area (Å²) in [5, 5.41) is 5.50. The van der Waals surface area contributed by atoms with Crippen molar-refractivity contribution < 1.29 is 22.7 Å². The Morgan fingerprint density at radius 2 is 1.85 bits per heavy atom. The number of nitrogens with one attached hydrogen (secondary N) is 2. The standard InChI is InChI=1S/C17H25N3O5S/c1-3-20(11-17(22)19-14-8-9-26(23,24)12-14)10-16(21)18-13-4-6-15(25-2)7-5-13/h4-7,14H,3,8-12H2,1-2H3,(H,18,21)(H,19,22)/t14-/m1/s1. The molecule has 0 radical (unpaired) electrons. The largest absolute Gasteiger partial charge is 0.497 e. The summed E-state index contributed by atoms with van der Waals surface area (Å²) in [4.78, 5) is 25.9. The Bertz CT molecular complexity index is 733. The van der Waals surface area contributed by atoms with Crippen molar-refractivity contribution >= 4 is 27.3 Å². The third-order valence-electron chi connectivity index (χ3n) is 4.15. The van der Waals surface area contributed by atoms with Gasteiger partial charge in [0.2, 0.25) is 11.8 Å². The molecule has 1 aliphatic rings. The minimum atomic E-state index is -3.04. The summed E-state index contributed by atoms with van der Waals surface area (Å²) >= 11 is 0. The number of methoxy groups -OCH3 is 1. The highest BCUT2D eigenvalue weighted by Crippen LogP contribution is 2.15. The number of carbonyl (C=O) groups excluding carboxylic acids is 2. The Labute approximate surface area is 153 Å². The maximum Gasteiger partial charge on any atom is 0.238 e. The summed E-state index contributed by atoms with van der Waals surface area (Å²) in [7, 11) is -1.47. The molecule has 9 heteroatoms. The summed E-state index contributed by atoms with van der Waals surface area (Å²) in [6.07, 6.45) is 0.443. The molecule has 0 saturated carbocycles. The van der Waals surface area contributed by atoms with Gasteiger partial charge in [-0.2, -0.15) is 0 Å². The molecule has 1 heterocycles. The Kier molecular flexibility index (Phi) is 6.98. The molecule has 0 bridgehead atoms. The molecule has 0 spiro atoms. The Hall–Kier alpha value is -2.13. The molecule has 144 valence electrons. The van der Waals surface area contributed by atoms with Crippen LogP contribution in [0.3, 0.4) is 0 Å². The first kappa shape index (κ1) is 20.2. The smallest absolute Gasteiger partial charge is 0.238 e. The van der Waals surface area contributed by atoms with Crippen LogP contribution in [0.1, 0.15) is 13.3 Å². The second kappa shape index (κ2) is 9.00. The van der Waals surface area contributed by atoms with E-state index in [0.29, 0.717) is 24.4 Å². The summed E-state index contributed by atoms with van der Waals surface area (Å²) in [6, 6.07) is 6.63. The summed E-state index contributed by atoms with van der Waals surface area (Å²) in [6.45, 7) is 2.49. The van der Waals surface area contributed by atoms with Crippen LogP contribution in [0, 0.1) is 0 Å². The third kappa shape index (κ3) is 6.30. The van der Waals surface area contributed by atoms with Gasteiger partial charge in [0.25, 0.3) is 0 Å². The van der Waals surface area contributed by atoms with Gasteiger partial charge in [-0.25, -0.2) is 8.42 Å². The number of rotatable bonds is 8. The first-order valence-electron chi connectivity index (χ1n) is 8.47. The van der Waals surface area contributed by atoms with Crippen molar-refractivity contribution in [3.8, 4) is 5.75 Å². The first-order valence-corrected chi connectivity index (χ1v) is 10.3. The number of likely N-dealkylation sites (N-methyl/N-ethyl adjacent to an activating group) is 1. The van der Waals surface area contributed by atoms with Crippen molar-refractivity contribution in [3.63, 3.8) is 0 Å². The zero-order valence-corrected chi connectivity index (χ0v) is 15.8. The normalized spacial score (nSPS) is 18.5. The quantitative estimate of drug-likeness (QED) is 0.667. The number of carbonyl (C=O) groups is 2. The van der Waals surface area contributed by atoms with E-state index in [-0.39, 0.29) is 42.5 Å². The van der Waals surface area contributed by atoms with Gasteiger partial charge in [0.15, 0.2) is 9.84 Å². The highest BCUT2D eigenvalue weighted by molar-refractivity contribution is 7.91. The van der Waals surface area contributed by atoms with Crippen molar-refractivity contribution in [2.75, 3.05) is 43.6 Å². The predicted molar refractivity (Wildman–Crippen MR) is 98.9 cm³/mol. The highest BCUT2D eigenvalue weighted by atomic mass is 32.2. The topological polar surface area (TPSA) is 105 Å². The number of benzene rings is 1. The van der Waals surface area contributed by atoms with Crippen LogP contribution in [0.5, 0.6) is 5.75 Å². The molecule has 1 atom stereocenters. The number of amides is 2. The predicted octanol–water partition coefficient (Wildman–Crippen LogP) is 0.259. The molecule has 1 saturated heterocycles. The minimum absolute atomic E-state index is 0.0111. The molecule has 1 aliphatic heterocycles. The van der Waals surface area contributed by atoms with E-state index in [1.54, 1.807) is 36.3 Å². The van der Waals surface area contributed by atoms with Crippen molar-refractivity contribution in [1.82, 2.24) is 10.2 Å². The SMILES string of the molecule is CCN(CC(=O)Nc1ccc(OC)cc1)CC(=O)N[C@@H]1CCS(=O)(=O)C1. The Balaban J connectivity index is 1.80. The lowest BCUT2D eigenvalue weighted by atomic mass is 10.2. The molecule has 1 aromatic carbocycles. The Morgan fingerprint density at radius 3 is 2.38 bits per heavy atom. The number of sulfone groups is 1. The molecule has 2 N–H and O–H groups in total. The van der Waals surface area contributed by atoms with Crippen LogP contribution in [-0.4, -0.2) is 69.4 Å². The fourth-order valence-electron chi connectivity index (χ4n) is 2.74. The lowest BCUT2D eigenvalue weighted by Gasteiger charge is -2.20. The molecule has 1 aromatic rings. The van der Waals surface area contributed by atoms with Gasteiger partial charge in [-0.05, 0) is 37.2 Å². The van der Waals surface area contributed by atoms with E-state index in [9.17, 15) is 18.0 Å². The van der Waals surface area contributed by atoms with Gasteiger partial charge in [-0.3, -0.25) is 14.5 Å². The van der Waals surface area contributed by atoms with E-state index >= 15 is 0 Å². The van der Waals surface area contributed by atoms with Crippen LogP contribution in [0.15, 0.2) is 24.3 Å². The third-order valence-corrected chi connectivity index (χ3v) is 5.92. The van der Waals surface area contributed by atoms with Gasteiger partial charge in [-0.15, -0.1) is 0 Å². The van der Waals surface area contributed by atoms with Crippen molar-refractivity contribution in [2.45, 2.75) is 19.4 Å². The average Bonchev–Trinajstić information content (AvgIpc) is 2.93. The van der Waals surface area contributed by atoms with Crippen LogP contribution in [-0.2, 0) is 19.4 Å². The summed E-state index contributed by atoms with van der Waals surface area (Å²) < 4.78 is 27.9. The molecule has 8 nitrogen and oxygen atoms in total. The molecule has 0 aliphatic carbocycles. The van der Waals surface area contributed by atoms with Gasteiger partial charge in [0.1, 0.15) is 5.75 Å². The number of anilines is 1. The van der Waals surface area contributed by atoms with E-state index in [1.807, 2.05) is 6.92 Å². The van der Waals surface area contributed by atoms with Crippen molar-refractivity contribution in [2.24, 2.45) is 0 Å². The lowest BCUT2D eigenvalue weighted by Crippen LogP contribution is -2.44. The maximum absolute atomic E-state index is 12.2. The minimum Gasteiger partial charge on any atom is -0.497 e. The molecule has 1 fully saturated rings. The van der Waals surface area contributed by atoms with Crippen LogP contribution < -0.4 is 15.4 Å². The molecule has 0 unspecified atom stereocenters. The first-order chi connectivity index (χ1) is 12.3. The zero-order valence-electron chi connectivity index (χ0n) is 15.0. The van der Waals surface area contributed by atoms with Gasteiger partial charge in [-0.1, -0.05) is 6.92 Å². The van der Waals surface area contributed by atoms with E-state index in [1.165, 1.54) is 0 Å². The molecular weight excluding hydrogens is 358 g/mol. The monoisotopic (exact) mass is 383 g/mol. The molecular formula is C17H25N3O5S. The van der Waals surface area contributed by atoms with Gasteiger partial charge >= 0.3 is 0 Å². The van der Waals surface area contributed by atoms with E-state index in [0.717, 1.165) is 0 Å². The number of ether oxygens (including phenoxy) is 1. The number of nitrogens with zero attached hydrogens (tertiary/aromatic N) is 1. The summed E-state index contributed by atoms with van der Waals surface area (Å²) in [5.74, 6) is 0.297. The van der Waals surface area contributed by atoms with Crippen LogP contribution in [0.2, 0.25) is 0 Å². The fraction of sp³-hybridized carbons (Fsp3) is 0.529. The van der Waals surface area contributed by atoms with Gasteiger partial charge in [0.05, 0.1) is 31.7 Å². The molecule has 26 heavy (non-hydrogen) atoms. The van der Waals surface area contributed by atoms with Crippen LogP contribution in [0.4, 0.5) is 5.69 Å². The second-order valence-corrected chi connectivity index (χ2v) is 8.48. The van der Waals surface area contributed by atoms with E-state index < -0.39 is 9.84 Å². The van der Waals surface area contributed by atoms with Gasteiger partial charge in [0, 0.05) is 11.7 Å². The van der Waals surface area contributed by atoms with E-state index in [4.69, 9.17) is 4.74 Å². The number of hydrogen-bond donors (Lipinski definition) is 2. The highest BCUT2D eigenvalue weighted by Gasteiger charge is 2.29.